The highest BCUT2D eigenvalue weighted by Crippen LogP contribution is 2.62. The molecule has 2 aliphatic rings. The summed E-state index contributed by atoms with van der Waals surface area (Å²) in [7, 11) is -4.23. The first-order valence-corrected chi connectivity index (χ1v) is 14.9. The number of hydrogen-bond acceptors (Lipinski definition) is 9. The number of rotatable bonds is 12. The van der Waals surface area contributed by atoms with Crippen molar-refractivity contribution >= 4 is 13.7 Å². The molecule has 1 aliphatic heterocycles. The maximum atomic E-state index is 14.0. The molecular formula is C28H32N3O9P. The Morgan fingerprint density at radius 1 is 1.15 bits per heavy atom. The van der Waals surface area contributed by atoms with Gasteiger partial charge in [0.1, 0.15) is 30.7 Å². The van der Waals surface area contributed by atoms with Gasteiger partial charge in [-0.25, -0.2) is 9.36 Å². The largest absolute Gasteiger partial charge is 0.460 e. The highest BCUT2D eigenvalue weighted by atomic mass is 31.2. The van der Waals surface area contributed by atoms with Crippen LogP contribution in [-0.4, -0.2) is 45.5 Å². The molecule has 1 aromatic heterocycles. The fourth-order valence-corrected chi connectivity index (χ4v) is 6.47. The zero-order valence-electron chi connectivity index (χ0n) is 22.4. The van der Waals surface area contributed by atoms with E-state index in [0.717, 1.165) is 5.56 Å². The average molecular weight is 586 g/mol. The first kappa shape index (κ1) is 29.0. The molecule has 1 aliphatic carbocycles. The third-order valence-electron chi connectivity index (χ3n) is 7.28. The van der Waals surface area contributed by atoms with Gasteiger partial charge in [-0.1, -0.05) is 55.5 Å². The molecule has 218 valence electrons. The lowest BCUT2D eigenvalue weighted by atomic mass is 9.96. The van der Waals surface area contributed by atoms with E-state index in [1.165, 1.54) is 16.8 Å². The van der Waals surface area contributed by atoms with Crippen LogP contribution in [0.1, 0.15) is 38.0 Å². The number of esters is 1. The van der Waals surface area contributed by atoms with Crippen LogP contribution in [0.25, 0.3) is 0 Å². The molecule has 0 bridgehead atoms. The van der Waals surface area contributed by atoms with Crippen LogP contribution in [0.5, 0.6) is 5.75 Å². The van der Waals surface area contributed by atoms with E-state index in [0.29, 0.717) is 12.8 Å². The number of nitrogens with zero attached hydrogens (tertiary/aromatic N) is 1. The Kier molecular flexibility index (Phi) is 8.58. The topological polar surface area (TPSA) is 158 Å². The Morgan fingerprint density at radius 3 is 2.46 bits per heavy atom. The van der Waals surface area contributed by atoms with Crippen molar-refractivity contribution in [2.24, 2.45) is 5.41 Å². The van der Waals surface area contributed by atoms with Gasteiger partial charge in [-0.05, 0) is 37.0 Å². The Labute approximate surface area is 235 Å². The number of H-pyrrole nitrogens is 1. The minimum absolute atomic E-state index is 0.0399. The number of carbonyl (C=O) groups is 1. The summed E-state index contributed by atoms with van der Waals surface area (Å²) >= 11 is 0. The van der Waals surface area contributed by atoms with Crippen molar-refractivity contribution in [3.8, 4) is 5.75 Å². The van der Waals surface area contributed by atoms with Gasteiger partial charge in [0.05, 0.1) is 12.7 Å². The predicted molar refractivity (Wildman–Crippen MR) is 147 cm³/mol. The van der Waals surface area contributed by atoms with Crippen molar-refractivity contribution in [3.63, 3.8) is 0 Å². The van der Waals surface area contributed by atoms with Gasteiger partial charge in [0.15, 0.2) is 0 Å². The maximum absolute atomic E-state index is 14.0. The smallest absolute Gasteiger partial charge is 0.459 e. The molecular weight excluding hydrogens is 553 g/mol. The summed E-state index contributed by atoms with van der Waals surface area (Å²) in [6.45, 7) is 1.39. The SMILES string of the molecule is CCC(NP(=O)(OCC1OC(n2ccc(=O)[nH]c2=O)C2(CC2)C1O)Oc1ccccc1)C(=O)OCc1ccccc1. The molecule has 2 fully saturated rings. The lowest BCUT2D eigenvalue weighted by molar-refractivity contribution is -0.147. The number of benzene rings is 2. The fraction of sp³-hybridized carbons (Fsp3) is 0.393. The molecule has 1 saturated carbocycles. The minimum atomic E-state index is -4.23. The molecule has 41 heavy (non-hydrogen) atoms. The molecule has 5 atom stereocenters. The number of aromatic nitrogens is 2. The second-order valence-corrected chi connectivity index (χ2v) is 11.8. The number of para-hydroxylation sites is 1. The summed E-state index contributed by atoms with van der Waals surface area (Å²) in [5, 5.41) is 13.8. The van der Waals surface area contributed by atoms with Crippen molar-refractivity contribution in [3.05, 3.63) is 99.3 Å². The second kappa shape index (κ2) is 12.1. The van der Waals surface area contributed by atoms with Crippen LogP contribution in [0.2, 0.25) is 0 Å². The van der Waals surface area contributed by atoms with Gasteiger partial charge in [0, 0.05) is 17.7 Å². The zero-order chi connectivity index (χ0) is 29.0. The van der Waals surface area contributed by atoms with E-state index in [9.17, 15) is 24.1 Å². The van der Waals surface area contributed by atoms with Crippen LogP contribution in [0.4, 0.5) is 0 Å². The van der Waals surface area contributed by atoms with Gasteiger partial charge in [-0.2, -0.15) is 5.09 Å². The van der Waals surface area contributed by atoms with Gasteiger partial charge >= 0.3 is 19.4 Å². The van der Waals surface area contributed by atoms with Crippen molar-refractivity contribution < 1.29 is 33.0 Å². The third-order valence-corrected chi connectivity index (χ3v) is 8.84. The summed E-state index contributed by atoms with van der Waals surface area (Å²) in [6.07, 6.45) is -0.156. The van der Waals surface area contributed by atoms with Gasteiger partial charge in [0.2, 0.25) is 0 Å². The highest BCUT2D eigenvalue weighted by molar-refractivity contribution is 7.52. The molecule has 2 heterocycles. The number of aliphatic hydroxyl groups is 1. The zero-order valence-corrected chi connectivity index (χ0v) is 23.3. The minimum Gasteiger partial charge on any atom is -0.460 e. The second-order valence-electron chi connectivity index (χ2n) is 10.1. The predicted octanol–water partition coefficient (Wildman–Crippen LogP) is 2.89. The molecule has 5 unspecified atom stereocenters. The van der Waals surface area contributed by atoms with Gasteiger partial charge < -0.3 is 19.1 Å². The monoisotopic (exact) mass is 585 g/mol. The quantitative estimate of drug-likeness (QED) is 0.213. The lowest BCUT2D eigenvalue weighted by Gasteiger charge is -2.25. The molecule has 12 nitrogen and oxygen atoms in total. The van der Waals surface area contributed by atoms with Crippen molar-refractivity contribution in [1.29, 1.82) is 0 Å². The van der Waals surface area contributed by atoms with E-state index in [1.807, 2.05) is 30.3 Å². The van der Waals surface area contributed by atoms with Crippen LogP contribution in [0, 0.1) is 5.41 Å². The van der Waals surface area contributed by atoms with E-state index in [1.54, 1.807) is 37.3 Å². The van der Waals surface area contributed by atoms with Crippen molar-refractivity contribution in [2.75, 3.05) is 6.61 Å². The molecule has 3 N–H and O–H groups in total. The van der Waals surface area contributed by atoms with Crippen LogP contribution in [0.3, 0.4) is 0 Å². The third kappa shape index (κ3) is 6.52. The molecule has 2 aromatic carbocycles. The number of hydrogen-bond donors (Lipinski definition) is 3. The number of nitrogens with one attached hydrogen (secondary N) is 2. The normalized spacial score (nSPS) is 23.0. The van der Waals surface area contributed by atoms with E-state index in [-0.39, 0.29) is 25.4 Å². The van der Waals surface area contributed by atoms with E-state index in [2.05, 4.69) is 10.1 Å². The van der Waals surface area contributed by atoms with Crippen molar-refractivity contribution in [2.45, 2.75) is 57.3 Å². The van der Waals surface area contributed by atoms with Crippen molar-refractivity contribution in [1.82, 2.24) is 14.6 Å². The van der Waals surface area contributed by atoms with Gasteiger partial charge in [-0.15, -0.1) is 0 Å². The Hall–Kier alpha value is -3.54. The molecule has 3 aromatic rings. The van der Waals surface area contributed by atoms with Crippen LogP contribution in [0.15, 0.2) is 82.5 Å². The Balaban J connectivity index is 1.31. The lowest BCUT2D eigenvalue weighted by Crippen LogP contribution is -2.38. The highest BCUT2D eigenvalue weighted by Gasteiger charge is 2.64. The number of aliphatic hydroxyl groups excluding tert-OH is 1. The summed E-state index contributed by atoms with van der Waals surface area (Å²) in [5.74, 6) is -0.400. The van der Waals surface area contributed by atoms with E-state index >= 15 is 0 Å². The van der Waals surface area contributed by atoms with E-state index < -0.39 is 54.9 Å². The molecule has 0 amide bonds. The molecule has 0 radical (unpaired) electrons. The number of carbonyl (C=O) groups excluding carboxylic acids is 1. The summed E-state index contributed by atoms with van der Waals surface area (Å²) in [4.78, 5) is 39.1. The maximum Gasteiger partial charge on any atom is 0.459 e. The first-order valence-electron chi connectivity index (χ1n) is 13.4. The first-order chi connectivity index (χ1) is 19.7. The number of aromatic amines is 1. The molecule has 1 saturated heterocycles. The van der Waals surface area contributed by atoms with Gasteiger partial charge in [-0.3, -0.25) is 23.7 Å². The van der Waals surface area contributed by atoms with Crippen LogP contribution < -0.4 is 20.9 Å². The molecule has 13 heteroatoms. The standard InChI is InChI=1S/C28H32N3O9P/c1-2-21(25(34)37-17-19-9-5-3-6-10-19)30-41(36,40-20-11-7-4-8-12-20)38-18-22-24(33)28(14-15-28)26(39-22)31-16-13-23(32)29-27(31)35/h3-13,16,21-22,24,26,33H,2,14-15,17-18H2,1H3,(H,30,36)(H,29,32,35). The Bertz CT molecular complexity index is 1510. The van der Waals surface area contributed by atoms with E-state index in [4.69, 9.17) is 18.5 Å². The summed E-state index contributed by atoms with van der Waals surface area (Å²) < 4.78 is 38.2. The molecule has 1 spiro atoms. The van der Waals surface area contributed by atoms with Crippen LogP contribution >= 0.6 is 7.75 Å². The fourth-order valence-electron chi connectivity index (χ4n) is 4.88. The summed E-state index contributed by atoms with van der Waals surface area (Å²) in [6, 6.07) is 17.7. The van der Waals surface area contributed by atoms with Crippen LogP contribution in [-0.2, 0) is 30.0 Å². The Morgan fingerprint density at radius 2 is 1.83 bits per heavy atom. The average Bonchev–Trinajstić information content (AvgIpc) is 3.73. The summed E-state index contributed by atoms with van der Waals surface area (Å²) in [5.41, 5.74) is -1.16. The molecule has 5 rings (SSSR count). The van der Waals surface area contributed by atoms with Gasteiger partial charge in [0.25, 0.3) is 5.56 Å². The number of ether oxygens (including phenoxy) is 2.